The highest BCUT2D eigenvalue weighted by Gasteiger charge is 2.65. The Labute approximate surface area is 108 Å². The molecule has 19 heavy (non-hydrogen) atoms. The minimum absolute atomic E-state index is 0.0282. The van der Waals surface area contributed by atoms with Gasteiger partial charge in [-0.05, 0) is 49.9 Å². The van der Waals surface area contributed by atoms with E-state index in [9.17, 15) is 19.4 Å². The maximum Gasteiger partial charge on any atom is 0.310 e. The maximum absolute atomic E-state index is 12.5. The third kappa shape index (κ3) is 3.99. The Bertz CT molecular complexity index is 447. The van der Waals surface area contributed by atoms with Gasteiger partial charge in [-0.3, -0.25) is 0 Å². The highest BCUT2D eigenvalue weighted by atomic mass is 32.5. The summed E-state index contributed by atoms with van der Waals surface area (Å²) in [5.41, 5.74) is 0. The number of hydrogen-bond donors (Lipinski definition) is 0. The van der Waals surface area contributed by atoms with Gasteiger partial charge in [0.1, 0.15) is 10.6 Å². The molecule has 0 atom stereocenters. The molecule has 0 saturated heterocycles. The van der Waals surface area contributed by atoms with Crippen molar-refractivity contribution < 1.29 is 24.2 Å². The Hall–Kier alpha value is -0.980. The second-order valence-corrected chi connectivity index (χ2v) is 7.23. The van der Waals surface area contributed by atoms with Crippen molar-refractivity contribution >= 4 is 10.2 Å². The van der Waals surface area contributed by atoms with Crippen molar-refractivity contribution in [3.63, 3.8) is 0 Å². The van der Waals surface area contributed by atoms with Crippen molar-refractivity contribution in [1.29, 1.82) is 0 Å². The fourth-order valence-corrected chi connectivity index (χ4v) is 2.80. The average molecular weight is 302 g/mol. The fourth-order valence-electron chi connectivity index (χ4n) is 2.15. The van der Waals surface area contributed by atoms with Crippen LogP contribution in [0, 0.1) is 0 Å². The summed E-state index contributed by atoms with van der Waals surface area (Å²) in [5, 5.41) is 0. The van der Waals surface area contributed by atoms with Gasteiger partial charge < -0.3 is 4.74 Å². The predicted octanol–water partition coefficient (Wildman–Crippen LogP) is 6.06. The number of benzene rings is 1. The van der Waals surface area contributed by atoms with Crippen LogP contribution in [0.2, 0.25) is 0 Å². The van der Waals surface area contributed by atoms with Crippen LogP contribution in [0.3, 0.4) is 0 Å². The van der Waals surface area contributed by atoms with Crippen LogP contribution in [0.5, 0.6) is 5.75 Å². The standard InChI is InChI=1S/C12H15F5OS/c13-19(14,15,16,17)12-8-6-11(7-9-12)18-10-4-2-1-3-5-10/h6-10H,1-5H2. The van der Waals surface area contributed by atoms with E-state index in [1.165, 1.54) is 0 Å². The highest BCUT2D eigenvalue weighted by molar-refractivity contribution is 8.45. The first-order valence-corrected chi connectivity index (χ1v) is 8.00. The topological polar surface area (TPSA) is 9.23 Å². The van der Waals surface area contributed by atoms with Crippen LogP contribution < -0.4 is 4.74 Å². The van der Waals surface area contributed by atoms with Gasteiger partial charge in [-0.1, -0.05) is 25.8 Å². The van der Waals surface area contributed by atoms with Crippen LogP contribution in [0.1, 0.15) is 32.1 Å². The average Bonchev–Trinajstić information content (AvgIpc) is 2.28. The van der Waals surface area contributed by atoms with Gasteiger partial charge in [0, 0.05) is 0 Å². The summed E-state index contributed by atoms with van der Waals surface area (Å²) in [5.74, 6) is 0.206. The monoisotopic (exact) mass is 302 g/mol. The van der Waals surface area contributed by atoms with Crippen LogP contribution in [0.15, 0.2) is 29.2 Å². The molecule has 0 heterocycles. The predicted molar refractivity (Wildman–Crippen MR) is 65.3 cm³/mol. The Morgan fingerprint density at radius 3 is 1.84 bits per heavy atom. The van der Waals surface area contributed by atoms with Crippen molar-refractivity contribution in [3.05, 3.63) is 24.3 Å². The number of halogens is 5. The van der Waals surface area contributed by atoms with Gasteiger partial charge in [0.05, 0.1) is 6.10 Å². The molecule has 0 N–H and O–H groups in total. The quantitative estimate of drug-likeness (QED) is 0.617. The Balaban J connectivity index is 2.11. The van der Waals surface area contributed by atoms with Gasteiger partial charge >= 0.3 is 10.2 Å². The summed E-state index contributed by atoms with van der Waals surface area (Å²) in [4.78, 5) is -1.88. The summed E-state index contributed by atoms with van der Waals surface area (Å²) >= 11 is 0. The normalized spacial score (nSPS) is 21.5. The van der Waals surface area contributed by atoms with E-state index in [4.69, 9.17) is 4.74 Å². The fraction of sp³-hybridized carbons (Fsp3) is 0.500. The first-order valence-electron chi connectivity index (χ1n) is 6.05. The number of ether oxygens (including phenoxy) is 1. The van der Waals surface area contributed by atoms with Gasteiger partial charge in [-0.2, -0.15) is 0 Å². The molecule has 110 valence electrons. The lowest BCUT2D eigenvalue weighted by Crippen LogP contribution is -2.19. The molecule has 1 aliphatic carbocycles. The smallest absolute Gasteiger partial charge is 0.310 e. The van der Waals surface area contributed by atoms with Crippen LogP contribution >= 0.6 is 10.2 Å². The van der Waals surface area contributed by atoms with E-state index in [1.54, 1.807) is 0 Å². The Kier molecular flexibility index (Phi) is 3.04. The number of hydrogen-bond acceptors (Lipinski definition) is 1. The van der Waals surface area contributed by atoms with E-state index in [2.05, 4.69) is 0 Å². The molecule has 0 spiro atoms. The van der Waals surface area contributed by atoms with E-state index in [0.29, 0.717) is 12.1 Å². The zero-order chi connectivity index (χ0) is 14.2. The summed E-state index contributed by atoms with van der Waals surface area (Å²) in [6.07, 6.45) is 4.84. The largest absolute Gasteiger partial charge is 0.490 e. The van der Waals surface area contributed by atoms with Crippen LogP contribution in [0.4, 0.5) is 19.4 Å². The first-order chi connectivity index (χ1) is 8.54. The van der Waals surface area contributed by atoms with Crippen molar-refractivity contribution in [3.8, 4) is 5.75 Å². The van der Waals surface area contributed by atoms with E-state index in [1.807, 2.05) is 0 Å². The minimum Gasteiger partial charge on any atom is -0.490 e. The Morgan fingerprint density at radius 1 is 0.842 bits per heavy atom. The van der Waals surface area contributed by atoms with Crippen molar-refractivity contribution in [1.82, 2.24) is 0 Å². The maximum atomic E-state index is 12.5. The molecular formula is C12H15F5OS. The van der Waals surface area contributed by atoms with Crippen LogP contribution in [-0.4, -0.2) is 6.10 Å². The van der Waals surface area contributed by atoms with Gasteiger partial charge in [-0.25, -0.2) is 0 Å². The van der Waals surface area contributed by atoms with E-state index >= 15 is 0 Å². The molecule has 1 aliphatic rings. The molecule has 7 heteroatoms. The highest BCUT2D eigenvalue weighted by Crippen LogP contribution is 3.02. The lowest BCUT2D eigenvalue weighted by Gasteiger charge is -2.40. The summed E-state index contributed by atoms with van der Waals surface area (Å²) in [6, 6.07) is 2.70. The minimum atomic E-state index is -9.57. The molecule has 1 aromatic rings. The van der Waals surface area contributed by atoms with Gasteiger partial charge in [0.15, 0.2) is 0 Å². The summed E-state index contributed by atoms with van der Waals surface area (Å²) in [7, 11) is -9.57. The zero-order valence-electron chi connectivity index (χ0n) is 10.1. The molecule has 0 amide bonds. The number of rotatable bonds is 3. The van der Waals surface area contributed by atoms with Gasteiger partial charge in [0.25, 0.3) is 0 Å². The SMILES string of the molecule is FS(F)(F)(F)(F)c1ccc(OC2CCCCC2)cc1. The molecule has 2 rings (SSSR count). The molecule has 1 nitrogen and oxygen atoms in total. The lowest BCUT2D eigenvalue weighted by molar-refractivity contribution is 0.155. The molecule has 0 unspecified atom stereocenters. The second kappa shape index (κ2) is 4.01. The molecule has 1 aromatic carbocycles. The van der Waals surface area contributed by atoms with Gasteiger partial charge in [0.2, 0.25) is 0 Å². The molecule has 0 aliphatic heterocycles. The summed E-state index contributed by atoms with van der Waals surface area (Å²) < 4.78 is 68.0. The van der Waals surface area contributed by atoms with E-state index in [0.717, 1.165) is 44.2 Å². The molecule has 1 fully saturated rings. The van der Waals surface area contributed by atoms with E-state index < -0.39 is 15.1 Å². The van der Waals surface area contributed by atoms with E-state index in [-0.39, 0.29) is 11.9 Å². The third-order valence-electron chi connectivity index (χ3n) is 3.12. The van der Waals surface area contributed by atoms with Crippen molar-refractivity contribution in [2.45, 2.75) is 43.1 Å². The van der Waals surface area contributed by atoms with Gasteiger partial charge in [-0.15, -0.1) is 0 Å². The van der Waals surface area contributed by atoms with Crippen LogP contribution in [-0.2, 0) is 0 Å². The molecule has 1 saturated carbocycles. The third-order valence-corrected chi connectivity index (χ3v) is 4.29. The summed E-state index contributed by atoms with van der Waals surface area (Å²) in [6.45, 7) is 0. The molecular weight excluding hydrogens is 287 g/mol. The first kappa shape index (κ1) is 14.4. The zero-order valence-corrected chi connectivity index (χ0v) is 10.9. The molecule has 0 radical (unpaired) electrons. The van der Waals surface area contributed by atoms with Crippen LogP contribution in [0.25, 0.3) is 0 Å². The van der Waals surface area contributed by atoms with Crippen molar-refractivity contribution in [2.24, 2.45) is 0 Å². The second-order valence-electron chi connectivity index (χ2n) is 4.82. The Morgan fingerprint density at radius 2 is 1.37 bits per heavy atom. The molecule has 0 aromatic heterocycles. The van der Waals surface area contributed by atoms with Crippen molar-refractivity contribution in [2.75, 3.05) is 0 Å². The molecule has 0 bridgehead atoms. The lowest BCUT2D eigenvalue weighted by atomic mass is 9.98.